The lowest BCUT2D eigenvalue weighted by Crippen LogP contribution is -2.50. The van der Waals surface area contributed by atoms with Gasteiger partial charge in [-0.3, -0.25) is 9.59 Å². The lowest BCUT2D eigenvalue weighted by Gasteiger charge is -2.12. The molecule has 0 radical (unpaired) electrons. The number of amides is 1. The van der Waals surface area contributed by atoms with Gasteiger partial charge in [-0.05, 0) is 6.92 Å². The van der Waals surface area contributed by atoms with Crippen LogP contribution in [0.4, 0.5) is 0 Å². The van der Waals surface area contributed by atoms with E-state index in [9.17, 15) is 9.59 Å². The first-order valence-electron chi connectivity index (χ1n) is 3.48. The maximum absolute atomic E-state index is 10.9. The molecule has 0 bridgehead atoms. The Morgan fingerprint density at radius 3 is 2.42 bits per heavy atom. The van der Waals surface area contributed by atoms with E-state index in [2.05, 4.69) is 5.32 Å². The van der Waals surface area contributed by atoms with Crippen LogP contribution in [0.2, 0.25) is 0 Å². The van der Waals surface area contributed by atoms with E-state index in [-0.39, 0.29) is 6.54 Å². The van der Waals surface area contributed by atoms with Gasteiger partial charge in [-0.15, -0.1) is 0 Å². The molecule has 1 amide bonds. The van der Waals surface area contributed by atoms with Crippen molar-refractivity contribution in [3.8, 4) is 0 Å². The summed E-state index contributed by atoms with van der Waals surface area (Å²) >= 11 is 0. The zero-order valence-corrected chi connectivity index (χ0v) is 6.78. The van der Waals surface area contributed by atoms with E-state index in [1.54, 1.807) is 0 Å². The van der Waals surface area contributed by atoms with Crippen molar-refractivity contribution >= 4 is 11.9 Å². The van der Waals surface area contributed by atoms with Gasteiger partial charge in [0.25, 0.3) is 0 Å². The molecule has 0 aromatic rings. The van der Waals surface area contributed by atoms with Crippen molar-refractivity contribution < 1.29 is 14.7 Å². The topological polar surface area (TPSA) is 118 Å². The van der Waals surface area contributed by atoms with Crippen LogP contribution in [-0.2, 0) is 9.59 Å². The predicted molar refractivity (Wildman–Crippen MR) is 42.3 cm³/mol. The third-order valence-corrected chi connectivity index (χ3v) is 1.32. The van der Waals surface area contributed by atoms with Crippen LogP contribution in [0.25, 0.3) is 0 Å². The maximum Gasteiger partial charge on any atom is 0.325 e. The van der Waals surface area contributed by atoms with E-state index < -0.39 is 24.0 Å². The highest BCUT2D eigenvalue weighted by molar-refractivity contribution is 5.86. The Hall–Kier alpha value is -1.14. The second kappa shape index (κ2) is 4.68. The van der Waals surface area contributed by atoms with E-state index in [0.717, 1.165) is 0 Å². The van der Waals surface area contributed by atoms with Crippen LogP contribution in [0.3, 0.4) is 0 Å². The van der Waals surface area contributed by atoms with Gasteiger partial charge in [0.05, 0.1) is 6.04 Å². The van der Waals surface area contributed by atoms with Crippen molar-refractivity contribution in [1.29, 1.82) is 0 Å². The number of carboxylic acid groups (broad SMARTS) is 1. The van der Waals surface area contributed by atoms with Gasteiger partial charge in [0.1, 0.15) is 6.04 Å². The van der Waals surface area contributed by atoms with Crippen molar-refractivity contribution in [2.45, 2.75) is 19.0 Å². The quantitative estimate of drug-likeness (QED) is 0.389. The Morgan fingerprint density at radius 2 is 2.08 bits per heavy atom. The minimum absolute atomic E-state index is 0.00181. The fraction of sp³-hybridized carbons (Fsp3) is 0.667. The van der Waals surface area contributed by atoms with E-state index in [1.807, 2.05) is 0 Å². The molecule has 0 aliphatic rings. The van der Waals surface area contributed by atoms with Crippen LogP contribution < -0.4 is 16.8 Å². The van der Waals surface area contributed by atoms with Crippen LogP contribution in [-0.4, -0.2) is 35.6 Å². The van der Waals surface area contributed by atoms with Gasteiger partial charge < -0.3 is 21.9 Å². The van der Waals surface area contributed by atoms with Crippen molar-refractivity contribution in [3.05, 3.63) is 0 Å². The fourth-order valence-corrected chi connectivity index (χ4v) is 0.489. The average molecular weight is 175 g/mol. The molecule has 0 saturated carbocycles. The number of carbonyl (C=O) groups excluding carboxylic acids is 1. The Morgan fingerprint density at radius 1 is 1.58 bits per heavy atom. The minimum Gasteiger partial charge on any atom is -0.480 e. The van der Waals surface area contributed by atoms with E-state index >= 15 is 0 Å². The van der Waals surface area contributed by atoms with Crippen LogP contribution >= 0.6 is 0 Å². The van der Waals surface area contributed by atoms with Crippen molar-refractivity contribution in [2.24, 2.45) is 11.5 Å². The molecule has 0 aromatic carbocycles. The standard InChI is InChI=1S/C6H13N3O3/c1-3(6(11)12)9-5(10)4(8)2-7/h3-4H,2,7-8H2,1H3,(H,9,10)(H,11,12)/t3-,4+/m0/s1. The maximum atomic E-state index is 10.9. The number of hydrogen-bond acceptors (Lipinski definition) is 4. The summed E-state index contributed by atoms with van der Waals surface area (Å²) in [6, 6.07) is -1.78. The fourth-order valence-electron chi connectivity index (χ4n) is 0.489. The zero-order chi connectivity index (χ0) is 9.72. The second-order valence-corrected chi connectivity index (χ2v) is 2.41. The average Bonchev–Trinajstić information content (AvgIpc) is 2.02. The number of aliphatic carboxylic acids is 1. The summed E-state index contributed by atoms with van der Waals surface area (Å²) in [5, 5.41) is 10.6. The van der Waals surface area contributed by atoms with Gasteiger partial charge >= 0.3 is 5.97 Å². The molecule has 6 nitrogen and oxygen atoms in total. The summed E-state index contributed by atoms with van der Waals surface area (Å²) in [5.41, 5.74) is 10.3. The molecule has 0 aromatic heterocycles. The van der Waals surface area contributed by atoms with E-state index in [0.29, 0.717) is 0 Å². The Bertz CT molecular complexity index is 183. The van der Waals surface area contributed by atoms with Crippen LogP contribution in [0, 0.1) is 0 Å². The molecule has 0 saturated heterocycles. The second-order valence-electron chi connectivity index (χ2n) is 2.41. The summed E-state index contributed by atoms with van der Waals surface area (Å²) in [7, 11) is 0. The summed E-state index contributed by atoms with van der Waals surface area (Å²) in [5.74, 6) is -1.65. The molecule has 2 atom stereocenters. The first-order valence-corrected chi connectivity index (χ1v) is 3.48. The van der Waals surface area contributed by atoms with Gasteiger partial charge in [-0.25, -0.2) is 0 Å². The third-order valence-electron chi connectivity index (χ3n) is 1.32. The molecule has 6 N–H and O–H groups in total. The number of hydrogen-bond donors (Lipinski definition) is 4. The third kappa shape index (κ3) is 3.31. The zero-order valence-electron chi connectivity index (χ0n) is 6.78. The molecule has 0 aliphatic heterocycles. The highest BCUT2D eigenvalue weighted by atomic mass is 16.4. The number of nitrogens with one attached hydrogen (secondary N) is 1. The largest absolute Gasteiger partial charge is 0.480 e. The molecule has 0 aliphatic carbocycles. The van der Waals surface area contributed by atoms with Gasteiger partial charge in [0, 0.05) is 6.54 Å². The molecule has 0 heterocycles. The summed E-state index contributed by atoms with van der Waals surface area (Å²) in [4.78, 5) is 21.2. The van der Waals surface area contributed by atoms with Crippen molar-refractivity contribution in [1.82, 2.24) is 5.32 Å². The molecule has 0 unspecified atom stereocenters. The predicted octanol–water partition coefficient (Wildman–Crippen LogP) is -2.14. The van der Waals surface area contributed by atoms with Crippen LogP contribution in [0.15, 0.2) is 0 Å². The molecular formula is C6H13N3O3. The number of carbonyl (C=O) groups is 2. The van der Waals surface area contributed by atoms with Gasteiger partial charge in [-0.1, -0.05) is 0 Å². The first kappa shape index (κ1) is 10.9. The Kier molecular flexibility index (Phi) is 4.24. The Balaban J connectivity index is 3.92. The summed E-state index contributed by atoms with van der Waals surface area (Å²) in [6.45, 7) is 1.35. The monoisotopic (exact) mass is 175 g/mol. The van der Waals surface area contributed by atoms with Crippen molar-refractivity contribution in [3.63, 3.8) is 0 Å². The molecule has 6 heteroatoms. The molecule has 0 rings (SSSR count). The van der Waals surface area contributed by atoms with E-state index in [4.69, 9.17) is 16.6 Å². The molecule has 70 valence electrons. The number of carboxylic acids is 1. The van der Waals surface area contributed by atoms with Crippen LogP contribution in [0.1, 0.15) is 6.92 Å². The summed E-state index contributed by atoms with van der Waals surface area (Å²) < 4.78 is 0. The lowest BCUT2D eigenvalue weighted by atomic mass is 10.2. The van der Waals surface area contributed by atoms with E-state index in [1.165, 1.54) is 6.92 Å². The molecule has 0 fully saturated rings. The Labute approximate surface area is 69.9 Å². The first-order chi connectivity index (χ1) is 5.49. The highest BCUT2D eigenvalue weighted by Crippen LogP contribution is 1.83. The molecule has 0 spiro atoms. The van der Waals surface area contributed by atoms with Gasteiger partial charge in [0.2, 0.25) is 5.91 Å². The van der Waals surface area contributed by atoms with Gasteiger partial charge in [0.15, 0.2) is 0 Å². The van der Waals surface area contributed by atoms with Crippen LogP contribution in [0.5, 0.6) is 0 Å². The highest BCUT2D eigenvalue weighted by Gasteiger charge is 2.17. The lowest BCUT2D eigenvalue weighted by molar-refractivity contribution is -0.141. The molecular weight excluding hydrogens is 162 g/mol. The summed E-state index contributed by atoms with van der Waals surface area (Å²) in [6.07, 6.45) is 0. The van der Waals surface area contributed by atoms with Gasteiger partial charge in [-0.2, -0.15) is 0 Å². The molecule has 12 heavy (non-hydrogen) atoms. The number of rotatable bonds is 4. The number of nitrogens with two attached hydrogens (primary N) is 2. The smallest absolute Gasteiger partial charge is 0.325 e. The normalized spacial score (nSPS) is 14.9. The van der Waals surface area contributed by atoms with Crippen molar-refractivity contribution in [2.75, 3.05) is 6.54 Å². The minimum atomic E-state index is -1.10. The SMILES string of the molecule is C[C@H](NC(=O)[C@H](N)CN)C(=O)O.